The van der Waals surface area contributed by atoms with Crippen molar-refractivity contribution < 1.29 is 4.74 Å². The molecule has 2 rings (SSSR count). The van der Waals surface area contributed by atoms with Gasteiger partial charge in [0.2, 0.25) is 5.95 Å². The second-order valence-electron chi connectivity index (χ2n) is 5.13. The van der Waals surface area contributed by atoms with Gasteiger partial charge < -0.3 is 15.4 Å². The molecule has 2 heterocycles. The Balaban J connectivity index is 2.06. The number of fused-ring (bicyclic) bond motifs is 1. The SMILES string of the molecule is CCc1nn(C)c2c1nc(N)n2CCOCCN(C)C. The fraction of sp³-hybridized carbons (Fsp3) is 0.692. The molecule has 0 saturated heterocycles. The second-order valence-corrected chi connectivity index (χ2v) is 5.13. The van der Waals surface area contributed by atoms with E-state index < -0.39 is 0 Å². The molecule has 0 fully saturated rings. The van der Waals surface area contributed by atoms with Crippen molar-refractivity contribution in [3.63, 3.8) is 0 Å². The quantitative estimate of drug-likeness (QED) is 0.747. The molecule has 0 amide bonds. The first-order valence-corrected chi connectivity index (χ1v) is 6.94. The van der Waals surface area contributed by atoms with E-state index in [1.54, 1.807) is 0 Å². The summed E-state index contributed by atoms with van der Waals surface area (Å²) in [6.45, 7) is 5.02. The predicted octanol–water partition coefficient (Wildman–Crippen LogP) is 0.493. The number of hydrogen-bond donors (Lipinski definition) is 1. The Morgan fingerprint density at radius 3 is 2.70 bits per heavy atom. The van der Waals surface area contributed by atoms with Gasteiger partial charge in [-0.2, -0.15) is 5.10 Å². The molecule has 7 heteroatoms. The molecular formula is C13H24N6O. The number of anilines is 1. The number of ether oxygens (including phenoxy) is 1. The van der Waals surface area contributed by atoms with Gasteiger partial charge in [0.1, 0.15) is 5.52 Å². The van der Waals surface area contributed by atoms with Gasteiger partial charge in [-0.15, -0.1) is 0 Å². The minimum atomic E-state index is 0.527. The maximum Gasteiger partial charge on any atom is 0.202 e. The summed E-state index contributed by atoms with van der Waals surface area (Å²) < 4.78 is 9.43. The fourth-order valence-corrected chi connectivity index (χ4v) is 2.22. The number of aryl methyl sites for hydroxylation is 2. The molecule has 0 spiro atoms. The van der Waals surface area contributed by atoms with Crippen LogP contribution < -0.4 is 5.73 Å². The highest BCUT2D eigenvalue weighted by Crippen LogP contribution is 2.20. The zero-order chi connectivity index (χ0) is 14.7. The molecule has 0 radical (unpaired) electrons. The third kappa shape index (κ3) is 2.94. The number of likely N-dealkylation sites (N-methyl/N-ethyl adjacent to an activating group) is 1. The highest BCUT2D eigenvalue weighted by molar-refractivity contribution is 5.77. The Morgan fingerprint density at radius 1 is 1.30 bits per heavy atom. The molecule has 0 aliphatic rings. The van der Waals surface area contributed by atoms with Gasteiger partial charge in [-0.1, -0.05) is 6.92 Å². The topological polar surface area (TPSA) is 74.1 Å². The molecule has 7 nitrogen and oxygen atoms in total. The lowest BCUT2D eigenvalue weighted by atomic mass is 10.3. The smallest absolute Gasteiger partial charge is 0.202 e. The predicted molar refractivity (Wildman–Crippen MR) is 79.7 cm³/mol. The van der Waals surface area contributed by atoms with E-state index in [-0.39, 0.29) is 0 Å². The highest BCUT2D eigenvalue weighted by Gasteiger charge is 2.16. The van der Waals surface area contributed by atoms with E-state index >= 15 is 0 Å². The first-order chi connectivity index (χ1) is 9.54. The van der Waals surface area contributed by atoms with Crippen molar-refractivity contribution in [2.24, 2.45) is 7.05 Å². The molecule has 0 aromatic carbocycles. The van der Waals surface area contributed by atoms with Crippen LogP contribution in [0.3, 0.4) is 0 Å². The number of rotatable bonds is 7. The third-order valence-electron chi connectivity index (χ3n) is 3.30. The molecule has 20 heavy (non-hydrogen) atoms. The van der Waals surface area contributed by atoms with Gasteiger partial charge >= 0.3 is 0 Å². The van der Waals surface area contributed by atoms with Gasteiger partial charge in [-0.05, 0) is 20.5 Å². The molecule has 0 atom stereocenters. The van der Waals surface area contributed by atoms with Crippen molar-refractivity contribution in [1.29, 1.82) is 0 Å². The van der Waals surface area contributed by atoms with E-state index in [0.29, 0.717) is 19.1 Å². The summed E-state index contributed by atoms with van der Waals surface area (Å²) in [7, 11) is 5.98. The van der Waals surface area contributed by atoms with Crippen molar-refractivity contribution in [3.8, 4) is 0 Å². The van der Waals surface area contributed by atoms with Gasteiger partial charge in [0.15, 0.2) is 5.65 Å². The van der Waals surface area contributed by atoms with E-state index in [1.807, 2.05) is 30.4 Å². The van der Waals surface area contributed by atoms with E-state index in [1.165, 1.54) is 0 Å². The van der Waals surface area contributed by atoms with Gasteiger partial charge in [-0.3, -0.25) is 9.25 Å². The zero-order valence-electron chi connectivity index (χ0n) is 12.8. The summed E-state index contributed by atoms with van der Waals surface area (Å²) in [6.07, 6.45) is 0.854. The van der Waals surface area contributed by atoms with Crippen molar-refractivity contribution in [1.82, 2.24) is 24.2 Å². The number of nitrogens with two attached hydrogens (primary N) is 1. The lowest BCUT2D eigenvalue weighted by Gasteiger charge is -2.11. The van der Waals surface area contributed by atoms with Crippen LogP contribution in [0.1, 0.15) is 12.6 Å². The number of nitrogens with zero attached hydrogens (tertiary/aromatic N) is 5. The molecule has 0 saturated carbocycles. The summed E-state index contributed by atoms with van der Waals surface area (Å²) in [5.41, 5.74) is 8.86. The van der Waals surface area contributed by atoms with Gasteiger partial charge in [0, 0.05) is 13.6 Å². The monoisotopic (exact) mass is 280 g/mol. The molecule has 0 bridgehead atoms. The summed E-state index contributed by atoms with van der Waals surface area (Å²) in [6, 6.07) is 0. The first kappa shape index (κ1) is 14.8. The number of nitrogen functional groups attached to an aromatic ring is 1. The molecular weight excluding hydrogens is 256 g/mol. The third-order valence-corrected chi connectivity index (χ3v) is 3.30. The number of aromatic nitrogens is 4. The molecule has 0 aliphatic carbocycles. The zero-order valence-corrected chi connectivity index (χ0v) is 12.8. The standard InChI is InChI=1S/C13H24N6O/c1-5-10-11-12(18(4)16-10)19(13(14)15-11)7-9-20-8-6-17(2)3/h5-9H2,1-4H3,(H2,14,15). The Kier molecular flexibility index (Phi) is 4.61. The van der Waals surface area contributed by atoms with Crippen molar-refractivity contribution >= 4 is 17.1 Å². The van der Waals surface area contributed by atoms with Crippen LogP contribution in [-0.4, -0.2) is 58.1 Å². The Bertz CT molecular complexity index is 571. The maximum absolute atomic E-state index is 6.00. The second kappa shape index (κ2) is 6.23. The Morgan fingerprint density at radius 2 is 2.05 bits per heavy atom. The van der Waals surface area contributed by atoms with Crippen LogP contribution in [0.15, 0.2) is 0 Å². The molecule has 2 N–H and O–H groups in total. The van der Waals surface area contributed by atoms with E-state index in [4.69, 9.17) is 10.5 Å². The largest absolute Gasteiger partial charge is 0.378 e. The average molecular weight is 280 g/mol. The summed E-state index contributed by atoms with van der Waals surface area (Å²) in [5, 5.41) is 4.47. The minimum Gasteiger partial charge on any atom is -0.378 e. The summed E-state index contributed by atoms with van der Waals surface area (Å²) >= 11 is 0. The van der Waals surface area contributed by atoms with E-state index in [0.717, 1.165) is 36.4 Å². The lowest BCUT2D eigenvalue weighted by molar-refractivity contribution is 0.111. The normalized spacial score (nSPS) is 11.8. The lowest BCUT2D eigenvalue weighted by Crippen LogP contribution is -2.19. The van der Waals surface area contributed by atoms with Crippen molar-refractivity contribution in [2.45, 2.75) is 19.9 Å². The number of imidazole rings is 1. The van der Waals surface area contributed by atoms with Crippen LogP contribution in [0.4, 0.5) is 5.95 Å². The van der Waals surface area contributed by atoms with Gasteiger partial charge in [0.05, 0.1) is 25.5 Å². The van der Waals surface area contributed by atoms with Crippen LogP contribution in [-0.2, 0) is 24.8 Å². The van der Waals surface area contributed by atoms with Gasteiger partial charge in [-0.25, -0.2) is 4.98 Å². The van der Waals surface area contributed by atoms with E-state index in [9.17, 15) is 0 Å². The fourth-order valence-electron chi connectivity index (χ4n) is 2.22. The summed E-state index contributed by atoms with van der Waals surface area (Å²) in [5.74, 6) is 0.527. The molecule has 0 aliphatic heterocycles. The van der Waals surface area contributed by atoms with Crippen LogP contribution in [0.2, 0.25) is 0 Å². The molecule has 2 aromatic heterocycles. The van der Waals surface area contributed by atoms with Crippen LogP contribution >= 0.6 is 0 Å². The van der Waals surface area contributed by atoms with Crippen LogP contribution in [0.5, 0.6) is 0 Å². The van der Waals surface area contributed by atoms with E-state index in [2.05, 4.69) is 21.9 Å². The van der Waals surface area contributed by atoms with Crippen molar-refractivity contribution in [3.05, 3.63) is 5.69 Å². The molecule has 112 valence electrons. The minimum absolute atomic E-state index is 0.527. The Hall–Kier alpha value is -1.60. The van der Waals surface area contributed by atoms with Crippen LogP contribution in [0, 0.1) is 0 Å². The molecule has 0 unspecified atom stereocenters. The molecule has 2 aromatic rings. The number of hydrogen-bond acceptors (Lipinski definition) is 5. The Labute approximate surface area is 119 Å². The summed E-state index contributed by atoms with van der Waals surface area (Å²) in [4.78, 5) is 6.52. The van der Waals surface area contributed by atoms with Gasteiger partial charge in [0.25, 0.3) is 0 Å². The van der Waals surface area contributed by atoms with Crippen LogP contribution in [0.25, 0.3) is 11.2 Å². The van der Waals surface area contributed by atoms with Crippen molar-refractivity contribution in [2.75, 3.05) is 39.6 Å². The maximum atomic E-state index is 6.00. The first-order valence-electron chi connectivity index (χ1n) is 6.94. The highest BCUT2D eigenvalue weighted by atomic mass is 16.5. The average Bonchev–Trinajstić information content (AvgIpc) is 2.87.